The maximum Gasteiger partial charge on any atom is 0.307 e. The van der Waals surface area contributed by atoms with E-state index in [9.17, 15) is 4.79 Å². The maximum absolute atomic E-state index is 11.3. The summed E-state index contributed by atoms with van der Waals surface area (Å²) >= 11 is 0. The average Bonchev–Trinajstić information content (AvgIpc) is 2.36. The molecule has 0 amide bonds. The van der Waals surface area contributed by atoms with Crippen LogP contribution in [-0.4, -0.2) is 43.2 Å². The first-order valence-electron chi connectivity index (χ1n) is 6.41. The van der Waals surface area contributed by atoms with Gasteiger partial charge in [-0.15, -0.1) is 0 Å². The zero-order valence-corrected chi connectivity index (χ0v) is 12.1. The number of carbonyl (C=O) groups excluding carboxylic acids is 1. The van der Waals surface area contributed by atoms with E-state index < -0.39 is 0 Å². The Balaban J connectivity index is 2.49. The van der Waals surface area contributed by atoms with Gasteiger partial charge in [-0.3, -0.25) is 14.7 Å². The Bertz CT molecular complexity index is 421. The van der Waals surface area contributed by atoms with E-state index >= 15 is 0 Å². The van der Waals surface area contributed by atoms with Crippen molar-refractivity contribution in [3.05, 3.63) is 23.5 Å². The van der Waals surface area contributed by atoms with E-state index in [1.807, 2.05) is 37.9 Å². The Morgan fingerprint density at radius 1 is 1.42 bits per heavy atom. The van der Waals surface area contributed by atoms with Gasteiger partial charge in [-0.1, -0.05) is 0 Å². The van der Waals surface area contributed by atoms with E-state index in [-0.39, 0.29) is 5.97 Å². The predicted octanol–water partition coefficient (Wildman–Crippen LogP) is 1.78. The highest BCUT2D eigenvalue weighted by atomic mass is 16.5. The zero-order valence-electron chi connectivity index (χ0n) is 12.1. The largest absolute Gasteiger partial charge is 0.497 e. The van der Waals surface area contributed by atoms with E-state index in [4.69, 9.17) is 9.47 Å². The molecule has 1 aromatic rings. The number of aryl methyl sites for hydroxylation is 1. The molecule has 0 unspecified atom stereocenters. The lowest BCUT2D eigenvalue weighted by molar-refractivity contribution is -0.143. The molecular weight excluding hydrogens is 244 g/mol. The van der Waals surface area contributed by atoms with Crippen LogP contribution in [0.15, 0.2) is 12.1 Å². The lowest BCUT2D eigenvalue weighted by atomic mass is 10.2. The Morgan fingerprint density at radius 3 is 2.79 bits per heavy atom. The van der Waals surface area contributed by atoms with Crippen LogP contribution >= 0.6 is 0 Å². The third kappa shape index (κ3) is 5.70. The number of rotatable bonds is 7. The molecule has 5 heteroatoms. The summed E-state index contributed by atoms with van der Waals surface area (Å²) < 4.78 is 10.1. The molecule has 0 N–H and O–H groups in total. The molecule has 0 atom stereocenters. The van der Waals surface area contributed by atoms with Crippen molar-refractivity contribution < 1.29 is 14.3 Å². The van der Waals surface area contributed by atoms with E-state index in [1.165, 1.54) is 0 Å². The van der Waals surface area contributed by atoms with Gasteiger partial charge in [0.05, 0.1) is 25.8 Å². The molecule has 106 valence electrons. The van der Waals surface area contributed by atoms with Gasteiger partial charge >= 0.3 is 5.97 Å². The summed E-state index contributed by atoms with van der Waals surface area (Å²) in [5.41, 5.74) is 1.86. The fourth-order valence-electron chi connectivity index (χ4n) is 1.77. The summed E-state index contributed by atoms with van der Waals surface area (Å²) in [6.45, 7) is 5.50. The van der Waals surface area contributed by atoms with Crippen molar-refractivity contribution in [3.63, 3.8) is 0 Å². The fourth-order valence-corrected chi connectivity index (χ4v) is 1.77. The van der Waals surface area contributed by atoms with Crippen molar-refractivity contribution in [2.24, 2.45) is 0 Å². The van der Waals surface area contributed by atoms with E-state index in [0.29, 0.717) is 26.1 Å². The molecule has 0 saturated carbocycles. The minimum atomic E-state index is -0.163. The summed E-state index contributed by atoms with van der Waals surface area (Å²) in [6, 6.07) is 3.80. The zero-order chi connectivity index (χ0) is 14.3. The second-order valence-electron chi connectivity index (χ2n) is 4.43. The van der Waals surface area contributed by atoms with Crippen LogP contribution in [0.1, 0.15) is 24.7 Å². The van der Waals surface area contributed by atoms with Crippen molar-refractivity contribution in [3.8, 4) is 5.75 Å². The average molecular weight is 266 g/mol. The van der Waals surface area contributed by atoms with E-state index in [2.05, 4.69) is 4.98 Å². The first-order valence-corrected chi connectivity index (χ1v) is 6.41. The number of ether oxygens (including phenoxy) is 2. The van der Waals surface area contributed by atoms with Crippen molar-refractivity contribution in [2.75, 3.05) is 27.3 Å². The summed E-state index contributed by atoms with van der Waals surface area (Å²) in [6.07, 6.45) is 0.396. The molecule has 1 rings (SSSR count). The maximum atomic E-state index is 11.3. The molecule has 0 bridgehead atoms. The number of methoxy groups -OCH3 is 1. The highest BCUT2D eigenvalue weighted by Gasteiger charge is 2.07. The number of carbonyl (C=O) groups is 1. The highest BCUT2D eigenvalue weighted by molar-refractivity contribution is 5.69. The minimum absolute atomic E-state index is 0.163. The smallest absolute Gasteiger partial charge is 0.307 e. The number of hydrogen-bond acceptors (Lipinski definition) is 5. The molecule has 0 aliphatic carbocycles. The summed E-state index contributed by atoms with van der Waals surface area (Å²) in [5, 5.41) is 0. The van der Waals surface area contributed by atoms with Crippen molar-refractivity contribution in [1.29, 1.82) is 0 Å². The fraction of sp³-hybridized carbons (Fsp3) is 0.571. The van der Waals surface area contributed by atoms with Gasteiger partial charge in [-0.2, -0.15) is 0 Å². The molecule has 19 heavy (non-hydrogen) atoms. The molecule has 1 heterocycles. The Morgan fingerprint density at radius 2 is 2.16 bits per heavy atom. The van der Waals surface area contributed by atoms with Crippen molar-refractivity contribution in [2.45, 2.75) is 26.8 Å². The second-order valence-corrected chi connectivity index (χ2v) is 4.43. The predicted molar refractivity (Wildman–Crippen MR) is 73.1 cm³/mol. The molecule has 0 aromatic carbocycles. The topological polar surface area (TPSA) is 51.7 Å². The number of aromatic nitrogens is 1. The third-order valence-electron chi connectivity index (χ3n) is 2.65. The molecule has 0 radical (unpaired) electrons. The number of pyridine rings is 1. The number of hydrogen-bond donors (Lipinski definition) is 0. The quantitative estimate of drug-likeness (QED) is 0.704. The molecule has 0 aliphatic rings. The normalized spacial score (nSPS) is 10.6. The Hall–Kier alpha value is -1.62. The highest BCUT2D eigenvalue weighted by Crippen LogP contribution is 2.14. The molecular formula is C14H22N2O3. The third-order valence-corrected chi connectivity index (χ3v) is 2.65. The van der Waals surface area contributed by atoms with E-state index in [0.717, 1.165) is 17.1 Å². The monoisotopic (exact) mass is 266 g/mol. The molecule has 5 nitrogen and oxygen atoms in total. The Labute approximate surface area is 114 Å². The van der Waals surface area contributed by atoms with Crippen LogP contribution in [0.3, 0.4) is 0 Å². The van der Waals surface area contributed by atoms with Crippen molar-refractivity contribution in [1.82, 2.24) is 9.88 Å². The van der Waals surface area contributed by atoms with Crippen molar-refractivity contribution >= 4 is 5.97 Å². The first kappa shape index (κ1) is 15.4. The Kier molecular flexibility index (Phi) is 6.29. The van der Waals surface area contributed by atoms with Crippen LogP contribution < -0.4 is 4.74 Å². The molecule has 1 aromatic heterocycles. The van der Waals surface area contributed by atoms with Gasteiger partial charge in [0.1, 0.15) is 5.75 Å². The number of nitrogens with zero attached hydrogens (tertiary/aromatic N) is 2. The standard InChI is InChI=1S/C14H22N2O3/c1-5-19-14(17)6-7-16(3)10-12-9-13(18-4)8-11(2)15-12/h8-9H,5-7,10H2,1-4H3. The summed E-state index contributed by atoms with van der Waals surface area (Å²) in [5.74, 6) is 0.644. The molecule has 0 saturated heterocycles. The van der Waals surface area contributed by atoms with Gasteiger partial charge in [0.15, 0.2) is 0 Å². The lowest BCUT2D eigenvalue weighted by Gasteiger charge is -2.16. The molecule has 0 fully saturated rings. The van der Waals surface area contributed by atoms with Gasteiger partial charge in [0.25, 0.3) is 0 Å². The lowest BCUT2D eigenvalue weighted by Crippen LogP contribution is -2.22. The van der Waals surface area contributed by atoms with Gasteiger partial charge < -0.3 is 9.47 Å². The van der Waals surface area contributed by atoms with Crippen LogP contribution in [0, 0.1) is 6.92 Å². The molecule has 0 aliphatic heterocycles. The minimum Gasteiger partial charge on any atom is -0.497 e. The second kappa shape index (κ2) is 7.74. The number of esters is 1. The van der Waals surface area contributed by atoms with Crippen LogP contribution in [0.2, 0.25) is 0 Å². The van der Waals surface area contributed by atoms with Gasteiger partial charge in [-0.05, 0) is 20.9 Å². The van der Waals surface area contributed by atoms with Gasteiger partial charge in [0.2, 0.25) is 0 Å². The van der Waals surface area contributed by atoms with Crippen LogP contribution in [0.25, 0.3) is 0 Å². The first-order chi connectivity index (χ1) is 9.05. The van der Waals surface area contributed by atoms with Gasteiger partial charge in [0, 0.05) is 30.9 Å². The SMILES string of the molecule is CCOC(=O)CCN(C)Cc1cc(OC)cc(C)n1. The van der Waals surface area contributed by atoms with Crippen LogP contribution in [0.5, 0.6) is 5.75 Å². The van der Waals surface area contributed by atoms with E-state index in [1.54, 1.807) is 7.11 Å². The van der Waals surface area contributed by atoms with Crippen LogP contribution in [-0.2, 0) is 16.1 Å². The summed E-state index contributed by atoms with van der Waals surface area (Å²) in [7, 11) is 3.60. The van der Waals surface area contributed by atoms with Crippen LogP contribution in [0.4, 0.5) is 0 Å². The summed E-state index contributed by atoms with van der Waals surface area (Å²) in [4.78, 5) is 17.8. The van der Waals surface area contributed by atoms with Gasteiger partial charge in [-0.25, -0.2) is 0 Å². The molecule has 0 spiro atoms.